The molecule has 1 aromatic carbocycles. The van der Waals surface area contributed by atoms with Crippen molar-refractivity contribution in [2.24, 2.45) is 0 Å². The molecule has 0 bridgehead atoms. The van der Waals surface area contributed by atoms with E-state index in [0.29, 0.717) is 25.2 Å². The number of unbranched alkanes of at least 4 members (excludes halogenated alkanes) is 1. The Labute approximate surface area is 133 Å². The minimum Gasteiger partial charge on any atom is -0.494 e. The quantitative estimate of drug-likeness (QED) is 0.616. The molecule has 2 rings (SSSR count). The first-order valence-corrected chi connectivity index (χ1v) is 6.93. The molecule has 0 radical (unpaired) electrons. The molecule has 10 heteroatoms. The first-order chi connectivity index (χ1) is 11.4. The zero-order chi connectivity index (χ0) is 17.6. The smallest absolute Gasteiger partial charge is 0.470 e. The van der Waals surface area contributed by atoms with Crippen LogP contribution in [0.1, 0.15) is 29.4 Å². The van der Waals surface area contributed by atoms with Gasteiger partial charge in [0.15, 0.2) is 0 Å². The lowest BCUT2D eigenvalue weighted by Gasteiger charge is -2.06. The molecule has 0 aliphatic heterocycles. The molecule has 0 spiro atoms. The van der Waals surface area contributed by atoms with E-state index in [1.807, 2.05) is 0 Å². The van der Waals surface area contributed by atoms with Crippen LogP contribution < -0.4 is 10.1 Å². The van der Waals surface area contributed by atoms with E-state index in [4.69, 9.17) is 4.74 Å². The average molecular weight is 347 g/mol. The predicted octanol–water partition coefficient (Wildman–Crippen LogP) is 2.82. The number of hydrogen-bond acceptors (Lipinski definition) is 5. The Morgan fingerprint density at radius 3 is 2.50 bits per heavy atom. The fourth-order valence-corrected chi connectivity index (χ4v) is 1.65. The van der Waals surface area contributed by atoms with Crippen LogP contribution in [0.4, 0.5) is 17.6 Å². The molecule has 130 valence electrons. The number of rotatable bonds is 7. The standard InChI is InChI=1S/C14H13F4N3O3/c15-9-3-5-10(6-4-9)23-8-2-1-7-19-11(22)12-20-21-13(24-12)14(16,17)18/h3-6H,1-2,7-8H2,(H,19,22). The maximum atomic E-state index is 12.7. The molecular weight excluding hydrogens is 334 g/mol. The van der Waals surface area contributed by atoms with Crippen LogP contribution in [-0.2, 0) is 6.18 Å². The van der Waals surface area contributed by atoms with E-state index in [-0.39, 0.29) is 12.4 Å². The fourth-order valence-electron chi connectivity index (χ4n) is 1.65. The third-order valence-electron chi connectivity index (χ3n) is 2.80. The summed E-state index contributed by atoms with van der Waals surface area (Å²) < 4.78 is 59.0. The van der Waals surface area contributed by atoms with Crippen molar-refractivity contribution in [2.45, 2.75) is 19.0 Å². The highest BCUT2D eigenvalue weighted by Crippen LogP contribution is 2.27. The zero-order valence-corrected chi connectivity index (χ0v) is 12.3. The lowest BCUT2D eigenvalue weighted by atomic mass is 10.3. The van der Waals surface area contributed by atoms with Crippen molar-refractivity contribution in [1.82, 2.24) is 15.5 Å². The van der Waals surface area contributed by atoms with Crippen molar-refractivity contribution in [3.63, 3.8) is 0 Å². The van der Waals surface area contributed by atoms with Gasteiger partial charge in [-0.2, -0.15) is 13.2 Å². The number of amides is 1. The van der Waals surface area contributed by atoms with Crippen molar-refractivity contribution in [3.8, 4) is 5.75 Å². The van der Waals surface area contributed by atoms with Crippen molar-refractivity contribution >= 4 is 5.91 Å². The van der Waals surface area contributed by atoms with Crippen molar-refractivity contribution in [3.05, 3.63) is 41.9 Å². The molecule has 1 amide bonds. The van der Waals surface area contributed by atoms with Gasteiger partial charge >= 0.3 is 23.9 Å². The average Bonchev–Trinajstić information content (AvgIpc) is 3.02. The Kier molecular flexibility index (Phi) is 5.72. The molecule has 6 nitrogen and oxygen atoms in total. The van der Waals surface area contributed by atoms with Crippen LogP contribution in [0.25, 0.3) is 0 Å². The molecule has 0 aliphatic carbocycles. The van der Waals surface area contributed by atoms with Gasteiger partial charge in [0.25, 0.3) is 0 Å². The van der Waals surface area contributed by atoms with Gasteiger partial charge in [-0.05, 0) is 37.1 Å². The molecule has 0 saturated carbocycles. The largest absolute Gasteiger partial charge is 0.494 e. The number of halogens is 4. The fraction of sp³-hybridized carbons (Fsp3) is 0.357. The summed E-state index contributed by atoms with van der Waals surface area (Å²) in [4.78, 5) is 11.5. The van der Waals surface area contributed by atoms with E-state index >= 15 is 0 Å². The van der Waals surface area contributed by atoms with Gasteiger partial charge in [-0.15, -0.1) is 10.2 Å². The number of nitrogens with one attached hydrogen (secondary N) is 1. The summed E-state index contributed by atoms with van der Waals surface area (Å²) in [5.41, 5.74) is 0. The molecule has 0 saturated heterocycles. The number of aromatic nitrogens is 2. The van der Waals surface area contributed by atoms with Crippen molar-refractivity contribution < 1.29 is 31.5 Å². The Morgan fingerprint density at radius 2 is 1.88 bits per heavy atom. The van der Waals surface area contributed by atoms with Gasteiger partial charge < -0.3 is 14.5 Å². The zero-order valence-electron chi connectivity index (χ0n) is 12.3. The predicted molar refractivity (Wildman–Crippen MR) is 72.8 cm³/mol. The van der Waals surface area contributed by atoms with Crippen LogP contribution in [0.5, 0.6) is 5.75 Å². The third kappa shape index (κ3) is 5.21. The normalized spacial score (nSPS) is 11.3. The maximum Gasteiger partial charge on any atom is 0.470 e. The van der Waals surface area contributed by atoms with Gasteiger partial charge in [-0.3, -0.25) is 4.79 Å². The molecule has 0 aliphatic rings. The summed E-state index contributed by atoms with van der Waals surface area (Å²) in [6, 6.07) is 5.53. The topological polar surface area (TPSA) is 77.2 Å². The lowest BCUT2D eigenvalue weighted by Crippen LogP contribution is -2.25. The molecule has 2 aromatic rings. The second-order valence-electron chi connectivity index (χ2n) is 4.68. The summed E-state index contributed by atoms with van der Waals surface area (Å²) in [7, 11) is 0. The number of hydrogen-bond donors (Lipinski definition) is 1. The van der Waals surface area contributed by atoms with Crippen LogP contribution in [0.3, 0.4) is 0 Å². The number of alkyl halides is 3. The molecular formula is C14H13F4N3O3. The van der Waals surface area contributed by atoms with Crippen LogP contribution >= 0.6 is 0 Å². The SMILES string of the molecule is O=C(NCCCCOc1ccc(F)cc1)c1nnc(C(F)(F)F)o1. The monoisotopic (exact) mass is 347 g/mol. The molecule has 1 N–H and O–H groups in total. The van der Waals surface area contributed by atoms with E-state index in [2.05, 4.69) is 19.9 Å². The Morgan fingerprint density at radius 1 is 1.17 bits per heavy atom. The van der Waals surface area contributed by atoms with Crippen LogP contribution in [0.2, 0.25) is 0 Å². The van der Waals surface area contributed by atoms with Crippen molar-refractivity contribution in [2.75, 3.05) is 13.2 Å². The maximum absolute atomic E-state index is 12.7. The van der Waals surface area contributed by atoms with Crippen LogP contribution in [0, 0.1) is 5.82 Å². The summed E-state index contributed by atoms with van der Waals surface area (Å²) in [6.45, 7) is 0.551. The van der Waals surface area contributed by atoms with E-state index in [1.165, 1.54) is 24.3 Å². The lowest BCUT2D eigenvalue weighted by molar-refractivity contribution is -0.157. The van der Waals surface area contributed by atoms with Gasteiger partial charge in [0.05, 0.1) is 6.61 Å². The molecule has 0 fully saturated rings. The number of carbonyl (C=O) groups excluding carboxylic acids is 1. The Balaban J connectivity index is 1.64. The van der Waals surface area contributed by atoms with Gasteiger partial charge in [0.2, 0.25) is 0 Å². The highest BCUT2D eigenvalue weighted by Gasteiger charge is 2.38. The highest BCUT2D eigenvalue weighted by atomic mass is 19.4. The Hall–Kier alpha value is -2.65. The second-order valence-corrected chi connectivity index (χ2v) is 4.68. The summed E-state index contributed by atoms with van der Waals surface area (Å²) >= 11 is 0. The number of ether oxygens (including phenoxy) is 1. The van der Waals surface area contributed by atoms with Gasteiger partial charge in [-0.1, -0.05) is 0 Å². The van der Waals surface area contributed by atoms with Crippen LogP contribution in [0.15, 0.2) is 28.7 Å². The third-order valence-corrected chi connectivity index (χ3v) is 2.80. The first-order valence-electron chi connectivity index (χ1n) is 6.93. The number of benzene rings is 1. The van der Waals surface area contributed by atoms with Gasteiger partial charge in [0, 0.05) is 6.54 Å². The van der Waals surface area contributed by atoms with E-state index < -0.39 is 23.9 Å². The minimum absolute atomic E-state index is 0.204. The summed E-state index contributed by atoms with van der Waals surface area (Å²) in [6.07, 6.45) is -3.69. The second kappa shape index (κ2) is 7.75. The molecule has 0 atom stereocenters. The first kappa shape index (κ1) is 17.7. The number of carbonyl (C=O) groups is 1. The van der Waals surface area contributed by atoms with E-state index in [9.17, 15) is 22.4 Å². The molecule has 0 unspecified atom stereocenters. The molecule has 1 aromatic heterocycles. The Bertz CT molecular complexity index is 671. The van der Waals surface area contributed by atoms with E-state index in [1.54, 1.807) is 0 Å². The van der Waals surface area contributed by atoms with Crippen LogP contribution in [-0.4, -0.2) is 29.3 Å². The highest BCUT2D eigenvalue weighted by molar-refractivity contribution is 5.89. The molecule has 24 heavy (non-hydrogen) atoms. The summed E-state index contributed by atoms with van der Waals surface area (Å²) in [5, 5.41) is 8.16. The van der Waals surface area contributed by atoms with Crippen molar-refractivity contribution in [1.29, 1.82) is 0 Å². The molecule has 1 heterocycles. The minimum atomic E-state index is -4.79. The van der Waals surface area contributed by atoms with E-state index in [0.717, 1.165) is 0 Å². The van der Waals surface area contributed by atoms with Gasteiger partial charge in [-0.25, -0.2) is 4.39 Å². The van der Waals surface area contributed by atoms with Gasteiger partial charge in [0.1, 0.15) is 11.6 Å². The number of nitrogens with zero attached hydrogens (tertiary/aromatic N) is 2. The summed E-state index contributed by atoms with van der Waals surface area (Å²) in [5.74, 6) is -3.03.